The van der Waals surface area contributed by atoms with Crippen molar-refractivity contribution in [3.63, 3.8) is 0 Å². The molecule has 94 valence electrons. The SMILES string of the molecule is Fc1ccc2sc(C3CC4CCC(C3)N4)nc2c1. The second-order valence-electron chi connectivity index (χ2n) is 5.47. The molecular weight excluding hydrogens is 247 g/mol. The lowest BCUT2D eigenvalue weighted by Gasteiger charge is -2.27. The van der Waals surface area contributed by atoms with Gasteiger partial charge in [-0.15, -0.1) is 11.3 Å². The standard InChI is InChI=1S/C14H15FN2S/c15-9-1-4-13-12(7-9)17-14(18-13)8-5-10-2-3-11(6-8)16-10/h1,4,7-8,10-11,16H,2-3,5-6H2. The number of rotatable bonds is 1. The Morgan fingerprint density at radius 3 is 2.78 bits per heavy atom. The van der Waals surface area contributed by atoms with Crippen LogP contribution in [0.1, 0.15) is 36.6 Å². The number of nitrogens with zero attached hydrogens (tertiary/aromatic N) is 1. The van der Waals surface area contributed by atoms with E-state index in [9.17, 15) is 4.39 Å². The molecule has 2 saturated heterocycles. The van der Waals surface area contributed by atoms with Crippen molar-refractivity contribution in [2.45, 2.75) is 43.7 Å². The van der Waals surface area contributed by atoms with Gasteiger partial charge in [0.1, 0.15) is 5.82 Å². The minimum Gasteiger partial charge on any atom is -0.311 e. The van der Waals surface area contributed by atoms with Gasteiger partial charge >= 0.3 is 0 Å². The molecule has 4 rings (SSSR count). The molecule has 2 unspecified atom stereocenters. The van der Waals surface area contributed by atoms with Crippen molar-refractivity contribution < 1.29 is 4.39 Å². The van der Waals surface area contributed by atoms with Crippen LogP contribution in [0.4, 0.5) is 4.39 Å². The van der Waals surface area contributed by atoms with E-state index < -0.39 is 0 Å². The molecule has 2 nitrogen and oxygen atoms in total. The highest BCUT2D eigenvalue weighted by molar-refractivity contribution is 7.18. The van der Waals surface area contributed by atoms with E-state index in [1.165, 1.54) is 36.8 Å². The lowest BCUT2D eigenvalue weighted by molar-refractivity contribution is 0.363. The maximum atomic E-state index is 13.2. The number of thiazole rings is 1. The van der Waals surface area contributed by atoms with Gasteiger partial charge in [-0.05, 0) is 37.8 Å². The average molecular weight is 262 g/mol. The summed E-state index contributed by atoms with van der Waals surface area (Å²) in [5.41, 5.74) is 0.820. The number of hydrogen-bond donors (Lipinski definition) is 1. The number of piperidine rings is 1. The van der Waals surface area contributed by atoms with Crippen molar-refractivity contribution in [1.29, 1.82) is 0 Å². The fourth-order valence-corrected chi connectivity index (χ4v) is 4.43. The summed E-state index contributed by atoms with van der Waals surface area (Å²) in [6, 6.07) is 6.28. The van der Waals surface area contributed by atoms with Crippen LogP contribution in [-0.4, -0.2) is 17.1 Å². The van der Waals surface area contributed by atoms with Gasteiger partial charge in [-0.2, -0.15) is 0 Å². The molecule has 1 aromatic carbocycles. The molecule has 2 aromatic rings. The van der Waals surface area contributed by atoms with E-state index in [4.69, 9.17) is 0 Å². The Morgan fingerprint density at radius 2 is 2.00 bits per heavy atom. The van der Waals surface area contributed by atoms with Gasteiger partial charge in [0, 0.05) is 24.1 Å². The van der Waals surface area contributed by atoms with Crippen LogP contribution in [0.15, 0.2) is 18.2 Å². The smallest absolute Gasteiger partial charge is 0.125 e. The largest absolute Gasteiger partial charge is 0.311 e. The molecule has 0 aliphatic carbocycles. The molecule has 2 aliphatic rings. The summed E-state index contributed by atoms with van der Waals surface area (Å²) in [5, 5.41) is 4.85. The molecule has 0 saturated carbocycles. The van der Waals surface area contributed by atoms with E-state index in [1.54, 1.807) is 17.4 Å². The zero-order valence-electron chi connectivity index (χ0n) is 10.0. The van der Waals surface area contributed by atoms with Crippen LogP contribution in [0, 0.1) is 5.82 Å². The van der Waals surface area contributed by atoms with E-state index in [1.807, 2.05) is 6.07 Å². The highest BCUT2D eigenvalue weighted by Gasteiger charge is 2.35. The first kappa shape index (κ1) is 10.9. The van der Waals surface area contributed by atoms with Gasteiger partial charge < -0.3 is 5.32 Å². The van der Waals surface area contributed by atoms with Crippen LogP contribution in [-0.2, 0) is 0 Å². The fourth-order valence-electron chi connectivity index (χ4n) is 3.35. The summed E-state index contributed by atoms with van der Waals surface area (Å²) in [6.07, 6.45) is 5.00. The molecule has 2 bridgehead atoms. The summed E-state index contributed by atoms with van der Waals surface area (Å²) < 4.78 is 14.3. The van der Waals surface area contributed by atoms with Crippen LogP contribution < -0.4 is 5.32 Å². The zero-order chi connectivity index (χ0) is 12.1. The van der Waals surface area contributed by atoms with E-state index in [0.29, 0.717) is 18.0 Å². The Hall–Kier alpha value is -1.00. The van der Waals surface area contributed by atoms with Gasteiger partial charge in [-0.1, -0.05) is 0 Å². The molecule has 4 heteroatoms. The molecule has 3 heterocycles. The molecule has 2 atom stereocenters. The van der Waals surface area contributed by atoms with Crippen LogP contribution >= 0.6 is 11.3 Å². The zero-order valence-corrected chi connectivity index (χ0v) is 10.8. The highest BCUT2D eigenvalue weighted by Crippen LogP contribution is 2.39. The number of nitrogens with one attached hydrogen (secondary N) is 1. The van der Waals surface area contributed by atoms with Gasteiger partial charge in [0.2, 0.25) is 0 Å². The van der Waals surface area contributed by atoms with E-state index >= 15 is 0 Å². The van der Waals surface area contributed by atoms with Gasteiger partial charge in [0.15, 0.2) is 0 Å². The van der Waals surface area contributed by atoms with E-state index in [0.717, 1.165) is 10.2 Å². The highest BCUT2D eigenvalue weighted by atomic mass is 32.1. The Labute approximate surface area is 109 Å². The predicted molar refractivity (Wildman–Crippen MR) is 71.5 cm³/mol. The number of aromatic nitrogens is 1. The Kier molecular flexibility index (Phi) is 2.42. The third kappa shape index (κ3) is 1.75. The molecule has 1 aromatic heterocycles. The molecule has 2 aliphatic heterocycles. The molecule has 1 N–H and O–H groups in total. The van der Waals surface area contributed by atoms with Crippen molar-refractivity contribution in [3.8, 4) is 0 Å². The number of halogens is 1. The summed E-state index contributed by atoms with van der Waals surface area (Å²) in [6.45, 7) is 0. The van der Waals surface area contributed by atoms with Crippen molar-refractivity contribution in [2.75, 3.05) is 0 Å². The Morgan fingerprint density at radius 1 is 1.22 bits per heavy atom. The maximum absolute atomic E-state index is 13.2. The van der Waals surface area contributed by atoms with Crippen LogP contribution in [0.3, 0.4) is 0 Å². The molecular formula is C14H15FN2S. The molecule has 0 amide bonds. The van der Waals surface area contributed by atoms with Crippen LogP contribution in [0.25, 0.3) is 10.2 Å². The first-order valence-electron chi connectivity index (χ1n) is 6.60. The van der Waals surface area contributed by atoms with Gasteiger partial charge in [0.05, 0.1) is 15.2 Å². The lowest BCUT2D eigenvalue weighted by Crippen LogP contribution is -2.37. The fraction of sp³-hybridized carbons (Fsp3) is 0.500. The van der Waals surface area contributed by atoms with Crippen LogP contribution in [0.5, 0.6) is 0 Å². The summed E-state index contributed by atoms with van der Waals surface area (Å²) >= 11 is 1.74. The molecule has 18 heavy (non-hydrogen) atoms. The third-order valence-electron chi connectivity index (χ3n) is 4.19. The van der Waals surface area contributed by atoms with Gasteiger partial charge in [0.25, 0.3) is 0 Å². The minimum absolute atomic E-state index is 0.190. The average Bonchev–Trinajstić information content (AvgIpc) is 2.92. The Balaban J connectivity index is 1.70. The summed E-state index contributed by atoms with van der Waals surface area (Å²) in [5.74, 6) is 0.383. The third-order valence-corrected chi connectivity index (χ3v) is 5.39. The quantitative estimate of drug-likeness (QED) is 0.851. The van der Waals surface area contributed by atoms with Crippen molar-refractivity contribution in [2.24, 2.45) is 0 Å². The number of benzene rings is 1. The van der Waals surface area contributed by atoms with Crippen LogP contribution in [0.2, 0.25) is 0 Å². The van der Waals surface area contributed by atoms with Crippen molar-refractivity contribution in [1.82, 2.24) is 10.3 Å². The monoisotopic (exact) mass is 262 g/mol. The summed E-state index contributed by atoms with van der Waals surface area (Å²) in [7, 11) is 0. The second-order valence-corrected chi connectivity index (χ2v) is 6.53. The Bertz CT molecular complexity index is 582. The summed E-state index contributed by atoms with van der Waals surface area (Å²) in [4.78, 5) is 4.64. The van der Waals surface area contributed by atoms with Crippen molar-refractivity contribution >= 4 is 21.6 Å². The molecule has 2 fully saturated rings. The second kappa shape index (κ2) is 4.00. The minimum atomic E-state index is -0.190. The van der Waals surface area contributed by atoms with Crippen molar-refractivity contribution in [3.05, 3.63) is 29.0 Å². The predicted octanol–water partition coefficient (Wildman–Crippen LogP) is 3.43. The first-order chi connectivity index (χ1) is 8.78. The van der Waals surface area contributed by atoms with E-state index in [2.05, 4.69) is 10.3 Å². The topological polar surface area (TPSA) is 24.9 Å². The van der Waals surface area contributed by atoms with E-state index in [-0.39, 0.29) is 5.82 Å². The normalized spacial score (nSPS) is 31.1. The molecule has 0 radical (unpaired) electrons. The van der Waals surface area contributed by atoms with Gasteiger partial charge in [-0.3, -0.25) is 0 Å². The lowest BCUT2D eigenvalue weighted by atomic mass is 9.93. The maximum Gasteiger partial charge on any atom is 0.125 e. The molecule has 0 spiro atoms. The number of hydrogen-bond acceptors (Lipinski definition) is 3. The first-order valence-corrected chi connectivity index (χ1v) is 7.41. The number of fused-ring (bicyclic) bond motifs is 3. The van der Waals surface area contributed by atoms with Gasteiger partial charge in [-0.25, -0.2) is 9.37 Å².